The lowest BCUT2D eigenvalue weighted by Gasteiger charge is -2.25. The molecule has 3 aromatic rings. The smallest absolute Gasteiger partial charge is 0.240 e. The molecular formula is C23H28N4O2S. The summed E-state index contributed by atoms with van der Waals surface area (Å²) in [5.74, 6) is 1.57. The number of benzene rings is 2. The summed E-state index contributed by atoms with van der Waals surface area (Å²) in [5.41, 5.74) is 1.84. The Labute approximate surface area is 182 Å². The molecule has 1 amide bonds. The molecular weight excluding hydrogens is 396 g/mol. The summed E-state index contributed by atoms with van der Waals surface area (Å²) in [6.45, 7) is 8.09. The fraction of sp³-hybridized carbons (Fsp3) is 0.348. The molecule has 0 spiro atoms. The van der Waals surface area contributed by atoms with E-state index in [2.05, 4.69) is 17.1 Å². The molecule has 0 saturated carbocycles. The number of likely N-dealkylation sites (N-methyl/N-ethyl adjacent to an activating group) is 1. The zero-order valence-corrected chi connectivity index (χ0v) is 18.7. The topological polar surface area (TPSA) is 60.3 Å². The zero-order valence-electron chi connectivity index (χ0n) is 17.9. The van der Waals surface area contributed by atoms with Crippen LogP contribution in [0.5, 0.6) is 5.75 Å². The Morgan fingerprint density at radius 2 is 1.70 bits per heavy atom. The van der Waals surface area contributed by atoms with Gasteiger partial charge in [0.15, 0.2) is 11.0 Å². The number of nitrogens with zero attached hydrogens (tertiary/aromatic N) is 4. The van der Waals surface area contributed by atoms with Gasteiger partial charge in [-0.05, 0) is 38.5 Å². The minimum absolute atomic E-state index is 0.0840. The number of methoxy groups -OCH3 is 1. The number of amides is 1. The van der Waals surface area contributed by atoms with Gasteiger partial charge in [-0.25, -0.2) is 0 Å². The molecule has 0 aliphatic heterocycles. The van der Waals surface area contributed by atoms with Crippen molar-refractivity contribution >= 4 is 17.7 Å². The van der Waals surface area contributed by atoms with Crippen molar-refractivity contribution in [3.63, 3.8) is 0 Å². The third-order valence-electron chi connectivity index (χ3n) is 5.01. The lowest BCUT2D eigenvalue weighted by atomic mass is 10.1. The molecule has 3 rings (SSSR count). The fourth-order valence-electron chi connectivity index (χ4n) is 3.38. The Balaban J connectivity index is 2.01. The first-order valence-electron chi connectivity index (χ1n) is 10.2. The van der Waals surface area contributed by atoms with Crippen molar-refractivity contribution in [2.75, 3.05) is 20.2 Å². The molecule has 0 saturated heterocycles. The van der Waals surface area contributed by atoms with Crippen LogP contribution in [0.1, 0.15) is 31.6 Å². The van der Waals surface area contributed by atoms with Gasteiger partial charge < -0.3 is 14.2 Å². The van der Waals surface area contributed by atoms with Gasteiger partial charge in [0.05, 0.1) is 12.7 Å². The van der Waals surface area contributed by atoms with Crippen LogP contribution in [0.25, 0.3) is 11.4 Å². The Morgan fingerprint density at radius 3 is 2.33 bits per heavy atom. The van der Waals surface area contributed by atoms with E-state index in [9.17, 15) is 4.79 Å². The predicted octanol–water partition coefficient (Wildman–Crippen LogP) is 4.68. The molecule has 0 aliphatic carbocycles. The molecule has 0 bridgehead atoms. The monoisotopic (exact) mass is 424 g/mol. The van der Waals surface area contributed by atoms with Crippen LogP contribution in [0.15, 0.2) is 59.8 Å². The summed E-state index contributed by atoms with van der Waals surface area (Å²) in [5, 5.41) is 9.22. The number of aromatic nitrogens is 3. The molecule has 7 heteroatoms. The molecule has 1 aromatic heterocycles. The average Bonchev–Trinajstić information content (AvgIpc) is 3.21. The number of rotatable bonds is 9. The second-order valence-electron chi connectivity index (χ2n) is 6.67. The summed E-state index contributed by atoms with van der Waals surface area (Å²) in [4.78, 5) is 15.2. The quantitative estimate of drug-likeness (QED) is 0.467. The molecule has 1 heterocycles. The van der Waals surface area contributed by atoms with E-state index in [4.69, 9.17) is 4.74 Å². The van der Waals surface area contributed by atoms with Crippen molar-refractivity contribution in [2.45, 2.75) is 37.7 Å². The highest BCUT2D eigenvalue weighted by Crippen LogP contribution is 2.38. The first-order chi connectivity index (χ1) is 14.6. The summed E-state index contributed by atoms with van der Waals surface area (Å²) in [6.07, 6.45) is 0. The van der Waals surface area contributed by atoms with Crippen molar-refractivity contribution in [1.82, 2.24) is 19.7 Å². The summed E-state index contributed by atoms with van der Waals surface area (Å²) < 4.78 is 7.54. The lowest BCUT2D eigenvalue weighted by Crippen LogP contribution is -2.34. The molecule has 158 valence electrons. The second kappa shape index (κ2) is 10.3. The van der Waals surface area contributed by atoms with Gasteiger partial charge in [-0.2, -0.15) is 0 Å². The standard InChI is InChI=1S/C23H28N4O2S/c1-5-26(6-2)22(28)20(17-13-9-8-10-14-17)30-23-25-24-21(27(23)7-3)18-15-11-12-16-19(18)29-4/h8-16,20H,5-7H2,1-4H3/t20-/m1/s1. The maximum Gasteiger partial charge on any atom is 0.240 e. The van der Waals surface area contributed by atoms with E-state index in [1.807, 2.05) is 77.9 Å². The first-order valence-corrected chi connectivity index (χ1v) is 11.1. The van der Waals surface area contributed by atoms with Gasteiger partial charge in [-0.1, -0.05) is 54.2 Å². The van der Waals surface area contributed by atoms with Crippen LogP contribution in [-0.2, 0) is 11.3 Å². The normalized spacial score (nSPS) is 11.9. The van der Waals surface area contributed by atoms with E-state index in [0.29, 0.717) is 24.8 Å². The van der Waals surface area contributed by atoms with Crippen molar-refractivity contribution in [3.05, 3.63) is 60.2 Å². The number of carbonyl (C=O) groups excluding carboxylic acids is 1. The molecule has 0 unspecified atom stereocenters. The van der Waals surface area contributed by atoms with E-state index in [1.54, 1.807) is 7.11 Å². The van der Waals surface area contributed by atoms with Crippen molar-refractivity contribution in [3.8, 4) is 17.1 Å². The van der Waals surface area contributed by atoms with Crippen LogP contribution in [0, 0.1) is 0 Å². The Bertz CT molecular complexity index is 970. The van der Waals surface area contributed by atoms with Crippen LogP contribution in [0.2, 0.25) is 0 Å². The SMILES string of the molecule is CCN(CC)C(=O)[C@H](Sc1nnc(-c2ccccc2OC)n1CC)c1ccccc1. The van der Waals surface area contributed by atoms with Crippen molar-refractivity contribution < 1.29 is 9.53 Å². The van der Waals surface area contributed by atoms with Crippen LogP contribution in [0.3, 0.4) is 0 Å². The van der Waals surface area contributed by atoms with Crippen molar-refractivity contribution in [2.24, 2.45) is 0 Å². The van der Waals surface area contributed by atoms with Gasteiger partial charge in [0.2, 0.25) is 5.91 Å². The lowest BCUT2D eigenvalue weighted by molar-refractivity contribution is -0.130. The minimum atomic E-state index is -0.383. The predicted molar refractivity (Wildman–Crippen MR) is 121 cm³/mol. The molecule has 6 nitrogen and oxygen atoms in total. The number of thioether (sulfide) groups is 1. The number of ether oxygens (including phenoxy) is 1. The van der Waals surface area contributed by atoms with Crippen LogP contribution < -0.4 is 4.74 Å². The van der Waals surface area contributed by atoms with E-state index < -0.39 is 0 Å². The van der Waals surface area contributed by atoms with Gasteiger partial charge >= 0.3 is 0 Å². The fourth-order valence-corrected chi connectivity index (χ4v) is 4.57. The van der Waals surface area contributed by atoms with E-state index in [-0.39, 0.29) is 11.2 Å². The van der Waals surface area contributed by atoms with Crippen LogP contribution >= 0.6 is 11.8 Å². The van der Waals surface area contributed by atoms with Crippen molar-refractivity contribution in [1.29, 1.82) is 0 Å². The number of para-hydroxylation sites is 1. The summed E-state index contributed by atoms with van der Waals surface area (Å²) >= 11 is 1.45. The van der Waals surface area contributed by atoms with Gasteiger partial charge in [-0.3, -0.25) is 4.79 Å². The van der Waals surface area contributed by atoms with Gasteiger partial charge in [0, 0.05) is 19.6 Å². The van der Waals surface area contributed by atoms with Gasteiger partial charge in [0.1, 0.15) is 11.0 Å². The number of carbonyl (C=O) groups is 1. The third kappa shape index (κ3) is 4.51. The zero-order chi connectivity index (χ0) is 21.5. The Hall–Kier alpha value is -2.80. The molecule has 0 aliphatic rings. The van der Waals surface area contributed by atoms with Gasteiger partial charge in [0.25, 0.3) is 0 Å². The maximum atomic E-state index is 13.3. The molecule has 0 radical (unpaired) electrons. The Kier molecular flexibility index (Phi) is 7.52. The maximum absolute atomic E-state index is 13.3. The van der Waals surface area contributed by atoms with E-state index in [1.165, 1.54) is 11.8 Å². The third-order valence-corrected chi connectivity index (χ3v) is 6.23. The highest BCUT2D eigenvalue weighted by atomic mass is 32.2. The number of hydrogen-bond donors (Lipinski definition) is 0. The average molecular weight is 425 g/mol. The molecule has 0 N–H and O–H groups in total. The minimum Gasteiger partial charge on any atom is -0.496 e. The molecule has 0 fully saturated rings. The van der Waals surface area contributed by atoms with Crippen LogP contribution in [0.4, 0.5) is 0 Å². The van der Waals surface area contributed by atoms with E-state index >= 15 is 0 Å². The van der Waals surface area contributed by atoms with Crippen LogP contribution in [-0.4, -0.2) is 45.8 Å². The molecule has 1 atom stereocenters. The highest BCUT2D eigenvalue weighted by molar-refractivity contribution is 8.00. The van der Waals surface area contributed by atoms with E-state index in [0.717, 1.165) is 22.7 Å². The Morgan fingerprint density at radius 1 is 1.03 bits per heavy atom. The second-order valence-corrected chi connectivity index (χ2v) is 7.74. The van der Waals surface area contributed by atoms with Gasteiger partial charge in [-0.15, -0.1) is 10.2 Å². The molecule has 2 aromatic carbocycles. The number of hydrogen-bond acceptors (Lipinski definition) is 5. The highest BCUT2D eigenvalue weighted by Gasteiger charge is 2.28. The first kappa shape index (κ1) is 21.9. The largest absolute Gasteiger partial charge is 0.496 e. The molecule has 30 heavy (non-hydrogen) atoms. The summed E-state index contributed by atoms with van der Waals surface area (Å²) in [6, 6.07) is 17.6. The summed E-state index contributed by atoms with van der Waals surface area (Å²) in [7, 11) is 1.65.